The molecule has 1 aromatic carbocycles. The van der Waals surface area contributed by atoms with Crippen LogP contribution in [0.1, 0.15) is 31.2 Å². The van der Waals surface area contributed by atoms with Gasteiger partial charge in [-0.15, -0.1) is 11.8 Å². The van der Waals surface area contributed by atoms with Gasteiger partial charge < -0.3 is 24.4 Å². The van der Waals surface area contributed by atoms with Crippen molar-refractivity contribution in [3.8, 4) is 11.5 Å². The maximum atomic E-state index is 13.0. The highest BCUT2D eigenvalue weighted by atomic mass is 32.2. The predicted octanol–water partition coefficient (Wildman–Crippen LogP) is 2.46. The molecule has 2 amide bonds. The summed E-state index contributed by atoms with van der Waals surface area (Å²) in [6.07, 6.45) is 0.735. The first-order valence-corrected chi connectivity index (χ1v) is 10.4. The molecule has 0 bridgehead atoms. The van der Waals surface area contributed by atoms with E-state index in [9.17, 15) is 9.59 Å². The summed E-state index contributed by atoms with van der Waals surface area (Å²) >= 11 is 1.59. The topological polar surface area (TPSA) is 77.1 Å². The van der Waals surface area contributed by atoms with Crippen LogP contribution in [0.15, 0.2) is 18.2 Å². The first-order valence-electron chi connectivity index (χ1n) is 9.36. The van der Waals surface area contributed by atoms with E-state index in [1.807, 2.05) is 32.0 Å². The van der Waals surface area contributed by atoms with Crippen molar-refractivity contribution in [2.24, 2.45) is 5.92 Å². The van der Waals surface area contributed by atoms with E-state index >= 15 is 0 Å². The van der Waals surface area contributed by atoms with Gasteiger partial charge in [0.25, 0.3) is 0 Å². The Labute approximate surface area is 171 Å². The van der Waals surface area contributed by atoms with Gasteiger partial charge in [-0.05, 0) is 24.1 Å². The molecule has 2 atom stereocenters. The number of carbonyl (C=O) groups is 2. The summed E-state index contributed by atoms with van der Waals surface area (Å²) in [6.45, 7) is 4.82. The van der Waals surface area contributed by atoms with Crippen molar-refractivity contribution in [1.29, 1.82) is 0 Å². The molecule has 1 saturated heterocycles. The molecular weight excluding hydrogens is 380 g/mol. The summed E-state index contributed by atoms with van der Waals surface area (Å²) in [6, 6.07) is 5.11. The van der Waals surface area contributed by atoms with Gasteiger partial charge >= 0.3 is 0 Å². The number of benzene rings is 1. The van der Waals surface area contributed by atoms with Gasteiger partial charge in [0, 0.05) is 31.9 Å². The SMILES string of the molecule is COCCCNC(=O)C1CSC(c2ccc(OC)c(OC)c2)N1C(=O)C(C)C. The largest absolute Gasteiger partial charge is 0.493 e. The van der Waals surface area contributed by atoms with E-state index in [0.717, 1.165) is 12.0 Å². The molecule has 1 fully saturated rings. The number of hydrogen-bond donors (Lipinski definition) is 1. The van der Waals surface area contributed by atoms with Gasteiger partial charge in [-0.25, -0.2) is 0 Å². The highest BCUT2D eigenvalue weighted by Gasteiger charge is 2.42. The van der Waals surface area contributed by atoms with E-state index in [1.165, 1.54) is 0 Å². The molecular formula is C20H30N2O5S. The summed E-state index contributed by atoms with van der Waals surface area (Å²) in [5, 5.41) is 2.68. The van der Waals surface area contributed by atoms with Gasteiger partial charge in [0.15, 0.2) is 11.5 Å². The normalized spacial score (nSPS) is 19.0. The fraction of sp³-hybridized carbons (Fsp3) is 0.600. The van der Waals surface area contributed by atoms with Crippen molar-refractivity contribution in [2.45, 2.75) is 31.7 Å². The van der Waals surface area contributed by atoms with Gasteiger partial charge in [0.1, 0.15) is 11.4 Å². The number of carbonyl (C=O) groups excluding carboxylic acids is 2. The molecule has 1 aliphatic heterocycles. The van der Waals surface area contributed by atoms with Crippen molar-refractivity contribution < 1.29 is 23.8 Å². The number of nitrogens with one attached hydrogen (secondary N) is 1. The number of ether oxygens (including phenoxy) is 3. The molecule has 1 aromatic rings. The average molecular weight is 411 g/mol. The lowest BCUT2D eigenvalue weighted by atomic mass is 10.1. The molecule has 0 spiro atoms. The summed E-state index contributed by atoms with van der Waals surface area (Å²) in [7, 11) is 4.79. The van der Waals surface area contributed by atoms with Gasteiger partial charge in [-0.3, -0.25) is 9.59 Å². The quantitative estimate of drug-likeness (QED) is 0.630. The van der Waals surface area contributed by atoms with Crippen molar-refractivity contribution in [1.82, 2.24) is 10.2 Å². The molecule has 0 radical (unpaired) electrons. The molecule has 156 valence electrons. The zero-order chi connectivity index (χ0) is 20.7. The molecule has 1 N–H and O–H groups in total. The second-order valence-electron chi connectivity index (χ2n) is 6.85. The Bertz CT molecular complexity index is 683. The standard InChI is InChI=1S/C20H30N2O5S/c1-13(2)19(24)22-15(18(23)21-9-6-10-25-3)12-28-20(22)14-7-8-16(26-4)17(11-14)27-5/h7-8,11,13,15,20H,6,9-10,12H2,1-5H3,(H,21,23). The highest BCUT2D eigenvalue weighted by Crippen LogP contribution is 2.44. The minimum absolute atomic E-state index is 0.0400. The van der Waals surface area contributed by atoms with Crippen molar-refractivity contribution >= 4 is 23.6 Å². The van der Waals surface area contributed by atoms with Crippen LogP contribution in [0.3, 0.4) is 0 Å². The van der Waals surface area contributed by atoms with Crippen LogP contribution in [0, 0.1) is 5.92 Å². The Kier molecular flexibility index (Phi) is 8.44. The molecule has 0 saturated carbocycles. The number of rotatable bonds is 9. The summed E-state index contributed by atoms with van der Waals surface area (Å²) in [5.74, 6) is 1.41. The van der Waals surface area contributed by atoms with E-state index in [-0.39, 0.29) is 23.1 Å². The minimum Gasteiger partial charge on any atom is -0.493 e. The van der Waals surface area contributed by atoms with Gasteiger partial charge in [-0.2, -0.15) is 0 Å². The number of thioether (sulfide) groups is 1. The van der Waals surface area contributed by atoms with Crippen LogP contribution in [0.5, 0.6) is 11.5 Å². The fourth-order valence-electron chi connectivity index (χ4n) is 3.08. The smallest absolute Gasteiger partial charge is 0.243 e. The Morgan fingerprint density at radius 2 is 1.93 bits per heavy atom. The highest BCUT2D eigenvalue weighted by molar-refractivity contribution is 7.99. The second-order valence-corrected chi connectivity index (χ2v) is 7.97. The molecule has 1 heterocycles. The lowest BCUT2D eigenvalue weighted by Gasteiger charge is -2.30. The Hall–Kier alpha value is -1.93. The minimum atomic E-state index is -0.499. The van der Waals surface area contributed by atoms with Crippen LogP contribution < -0.4 is 14.8 Å². The third-order valence-electron chi connectivity index (χ3n) is 4.57. The molecule has 1 aliphatic rings. The lowest BCUT2D eigenvalue weighted by Crippen LogP contribution is -2.49. The van der Waals surface area contributed by atoms with E-state index in [0.29, 0.717) is 30.4 Å². The zero-order valence-corrected chi connectivity index (χ0v) is 18.0. The average Bonchev–Trinajstić information content (AvgIpc) is 3.14. The zero-order valence-electron chi connectivity index (χ0n) is 17.2. The first kappa shape index (κ1) is 22.4. The number of amides is 2. The summed E-state index contributed by atoms with van der Waals surface area (Å²) in [5.41, 5.74) is 0.909. The summed E-state index contributed by atoms with van der Waals surface area (Å²) in [4.78, 5) is 27.4. The molecule has 7 nitrogen and oxygen atoms in total. The van der Waals surface area contributed by atoms with E-state index in [1.54, 1.807) is 38.0 Å². The van der Waals surface area contributed by atoms with Gasteiger partial charge in [-0.1, -0.05) is 19.9 Å². The Balaban J connectivity index is 2.24. The third kappa shape index (κ3) is 5.11. The van der Waals surface area contributed by atoms with Crippen molar-refractivity contribution in [3.05, 3.63) is 23.8 Å². The van der Waals surface area contributed by atoms with E-state index in [2.05, 4.69) is 5.32 Å². The van der Waals surface area contributed by atoms with Crippen LogP contribution in [0.4, 0.5) is 0 Å². The summed E-state index contributed by atoms with van der Waals surface area (Å²) < 4.78 is 15.7. The van der Waals surface area contributed by atoms with E-state index in [4.69, 9.17) is 14.2 Å². The van der Waals surface area contributed by atoms with Crippen LogP contribution in [0.25, 0.3) is 0 Å². The maximum absolute atomic E-state index is 13.0. The maximum Gasteiger partial charge on any atom is 0.243 e. The molecule has 2 unspecified atom stereocenters. The first-order chi connectivity index (χ1) is 13.4. The Morgan fingerprint density at radius 3 is 2.54 bits per heavy atom. The fourth-order valence-corrected chi connectivity index (χ4v) is 4.51. The number of nitrogens with zero attached hydrogens (tertiary/aromatic N) is 1. The molecule has 2 rings (SSSR count). The molecule has 0 aromatic heterocycles. The van der Waals surface area contributed by atoms with Crippen LogP contribution in [-0.2, 0) is 14.3 Å². The van der Waals surface area contributed by atoms with Crippen molar-refractivity contribution in [2.75, 3.05) is 40.2 Å². The molecule has 0 aliphatic carbocycles. The van der Waals surface area contributed by atoms with Gasteiger partial charge in [0.05, 0.1) is 14.2 Å². The van der Waals surface area contributed by atoms with Crippen LogP contribution >= 0.6 is 11.8 Å². The van der Waals surface area contributed by atoms with Crippen LogP contribution in [-0.4, -0.2) is 63.0 Å². The third-order valence-corrected chi connectivity index (χ3v) is 5.89. The lowest BCUT2D eigenvalue weighted by molar-refractivity contribution is -0.142. The van der Waals surface area contributed by atoms with Crippen LogP contribution in [0.2, 0.25) is 0 Å². The number of methoxy groups -OCH3 is 3. The van der Waals surface area contributed by atoms with Gasteiger partial charge in [0.2, 0.25) is 11.8 Å². The molecule has 8 heteroatoms. The monoisotopic (exact) mass is 410 g/mol. The van der Waals surface area contributed by atoms with Crippen molar-refractivity contribution in [3.63, 3.8) is 0 Å². The predicted molar refractivity (Wildman–Crippen MR) is 110 cm³/mol. The molecule has 28 heavy (non-hydrogen) atoms. The second kappa shape index (κ2) is 10.6. The number of hydrogen-bond acceptors (Lipinski definition) is 6. The van der Waals surface area contributed by atoms with E-state index < -0.39 is 6.04 Å². The Morgan fingerprint density at radius 1 is 1.21 bits per heavy atom.